The third-order valence-electron chi connectivity index (χ3n) is 6.48. The van der Waals surface area contributed by atoms with E-state index in [-0.39, 0.29) is 4.90 Å². The van der Waals surface area contributed by atoms with Crippen LogP contribution in [0.25, 0.3) is 0 Å². The average molecular weight is 556 g/mol. The number of nitrogens with zero attached hydrogens (tertiary/aromatic N) is 2. The van der Waals surface area contributed by atoms with Crippen LogP contribution in [0, 0.1) is 27.7 Å². The number of anilines is 1. The Hall–Kier alpha value is -4.43. The number of hydrogen-bond acceptors (Lipinski definition) is 5. The van der Waals surface area contributed by atoms with Crippen molar-refractivity contribution in [2.24, 2.45) is 5.10 Å². The monoisotopic (exact) mass is 555 g/mol. The molecular formula is C32H33N3O4S. The number of hydrazone groups is 1. The lowest BCUT2D eigenvalue weighted by Gasteiger charge is -2.24. The van der Waals surface area contributed by atoms with Crippen molar-refractivity contribution in [3.63, 3.8) is 0 Å². The number of rotatable bonds is 10. The molecular weight excluding hydrogens is 522 g/mol. The van der Waals surface area contributed by atoms with E-state index in [9.17, 15) is 13.2 Å². The minimum atomic E-state index is -4.00. The van der Waals surface area contributed by atoms with Gasteiger partial charge < -0.3 is 4.74 Å². The molecule has 4 rings (SSSR count). The summed E-state index contributed by atoms with van der Waals surface area (Å²) in [7, 11) is -4.00. The maximum absolute atomic E-state index is 13.6. The summed E-state index contributed by atoms with van der Waals surface area (Å²) in [6.45, 7) is 7.81. The van der Waals surface area contributed by atoms with Crippen molar-refractivity contribution in [1.82, 2.24) is 5.43 Å². The summed E-state index contributed by atoms with van der Waals surface area (Å²) < 4.78 is 34.1. The lowest BCUT2D eigenvalue weighted by atomic mass is 10.1. The third-order valence-corrected chi connectivity index (χ3v) is 8.27. The van der Waals surface area contributed by atoms with Crippen LogP contribution in [0.15, 0.2) is 101 Å². The van der Waals surface area contributed by atoms with E-state index in [4.69, 9.17) is 4.74 Å². The highest BCUT2D eigenvalue weighted by Gasteiger charge is 2.27. The molecule has 0 aromatic heterocycles. The van der Waals surface area contributed by atoms with Crippen molar-refractivity contribution in [2.45, 2.75) is 39.2 Å². The Morgan fingerprint density at radius 3 is 2.08 bits per heavy atom. The Morgan fingerprint density at radius 2 is 1.45 bits per heavy atom. The summed E-state index contributed by atoms with van der Waals surface area (Å²) in [5.74, 6) is 0.148. The zero-order chi connectivity index (χ0) is 28.7. The molecule has 0 saturated carbocycles. The van der Waals surface area contributed by atoms with Crippen molar-refractivity contribution in [2.75, 3.05) is 10.8 Å². The molecule has 0 fully saturated rings. The Morgan fingerprint density at radius 1 is 0.825 bits per heavy atom. The van der Waals surface area contributed by atoms with Gasteiger partial charge in [0, 0.05) is 0 Å². The number of ether oxygens (including phenoxy) is 1. The van der Waals surface area contributed by atoms with Crippen molar-refractivity contribution in [3.05, 3.63) is 124 Å². The fourth-order valence-electron chi connectivity index (χ4n) is 3.88. The molecule has 0 aliphatic heterocycles. The van der Waals surface area contributed by atoms with Crippen LogP contribution in [0.1, 0.15) is 33.4 Å². The topological polar surface area (TPSA) is 88.1 Å². The van der Waals surface area contributed by atoms with Crippen LogP contribution >= 0.6 is 0 Å². The first kappa shape index (κ1) is 28.6. The largest absolute Gasteiger partial charge is 0.489 e. The second kappa shape index (κ2) is 12.6. The smallest absolute Gasteiger partial charge is 0.264 e. The van der Waals surface area contributed by atoms with E-state index in [1.165, 1.54) is 11.8 Å². The van der Waals surface area contributed by atoms with Crippen LogP contribution in [-0.4, -0.2) is 27.1 Å². The zero-order valence-corrected chi connectivity index (χ0v) is 23.9. The Balaban J connectivity index is 1.42. The molecule has 4 aromatic rings. The summed E-state index contributed by atoms with van der Waals surface area (Å²) in [6.07, 6.45) is 1.50. The fraction of sp³-hybridized carbons (Fsp3) is 0.188. The van der Waals surface area contributed by atoms with Crippen LogP contribution in [0.5, 0.6) is 5.75 Å². The summed E-state index contributed by atoms with van der Waals surface area (Å²) >= 11 is 0. The normalized spacial score (nSPS) is 11.4. The van der Waals surface area contributed by atoms with Gasteiger partial charge in [-0.1, -0.05) is 53.6 Å². The highest BCUT2D eigenvalue weighted by atomic mass is 32.2. The molecule has 7 nitrogen and oxygen atoms in total. The minimum absolute atomic E-state index is 0.109. The van der Waals surface area contributed by atoms with Gasteiger partial charge in [0.25, 0.3) is 15.9 Å². The van der Waals surface area contributed by atoms with E-state index in [2.05, 4.69) is 10.5 Å². The van der Waals surface area contributed by atoms with Crippen LogP contribution in [0.3, 0.4) is 0 Å². The van der Waals surface area contributed by atoms with Gasteiger partial charge in [0.2, 0.25) is 0 Å². The van der Waals surface area contributed by atoms with E-state index < -0.39 is 22.5 Å². The number of hydrogen-bond donors (Lipinski definition) is 1. The fourth-order valence-corrected chi connectivity index (χ4v) is 5.29. The molecule has 0 heterocycles. The van der Waals surface area contributed by atoms with E-state index >= 15 is 0 Å². The third kappa shape index (κ3) is 7.36. The number of sulfonamides is 1. The number of benzene rings is 4. The average Bonchev–Trinajstić information content (AvgIpc) is 2.94. The van der Waals surface area contributed by atoms with Gasteiger partial charge in [-0.15, -0.1) is 0 Å². The Labute approximate surface area is 236 Å². The van der Waals surface area contributed by atoms with Crippen LogP contribution < -0.4 is 14.5 Å². The highest BCUT2D eigenvalue weighted by Crippen LogP contribution is 2.26. The van der Waals surface area contributed by atoms with Gasteiger partial charge in [-0.05, 0) is 98.5 Å². The Kier molecular flexibility index (Phi) is 9.01. The first-order chi connectivity index (χ1) is 19.1. The van der Waals surface area contributed by atoms with E-state index in [0.29, 0.717) is 18.0 Å². The summed E-state index contributed by atoms with van der Waals surface area (Å²) in [5, 5.41) is 4.03. The van der Waals surface area contributed by atoms with Gasteiger partial charge in [0.15, 0.2) is 0 Å². The first-order valence-electron chi connectivity index (χ1n) is 12.9. The van der Waals surface area contributed by atoms with Gasteiger partial charge in [-0.2, -0.15) is 5.10 Å². The van der Waals surface area contributed by atoms with E-state index in [1.807, 2.05) is 82.3 Å². The molecule has 0 radical (unpaired) electrons. The van der Waals surface area contributed by atoms with Crippen molar-refractivity contribution in [3.8, 4) is 5.75 Å². The van der Waals surface area contributed by atoms with Crippen LogP contribution in [-0.2, 0) is 21.4 Å². The maximum atomic E-state index is 13.6. The predicted octanol–water partition coefficient (Wildman–Crippen LogP) is 5.84. The van der Waals surface area contributed by atoms with Gasteiger partial charge >= 0.3 is 0 Å². The van der Waals surface area contributed by atoms with Gasteiger partial charge in [0.1, 0.15) is 18.9 Å². The molecule has 1 N–H and O–H groups in total. The molecule has 4 aromatic carbocycles. The molecule has 0 atom stereocenters. The zero-order valence-electron chi connectivity index (χ0n) is 23.1. The van der Waals surface area contributed by atoms with Gasteiger partial charge in [-0.3, -0.25) is 9.10 Å². The summed E-state index contributed by atoms with van der Waals surface area (Å²) in [5.41, 5.74) is 8.77. The minimum Gasteiger partial charge on any atom is -0.489 e. The molecule has 0 spiro atoms. The summed E-state index contributed by atoms with van der Waals surface area (Å²) in [4.78, 5) is 13.0. The van der Waals surface area contributed by atoms with E-state index in [1.54, 1.807) is 36.4 Å². The molecule has 0 bridgehead atoms. The molecule has 0 unspecified atom stereocenters. The number of aryl methyl sites for hydroxylation is 4. The molecule has 8 heteroatoms. The van der Waals surface area contributed by atoms with Gasteiger partial charge in [-0.25, -0.2) is 13.8 Å². The highest BCUT2D eigenvalue weighted by molar-refractivity contribution is 7.92. The van der Waals surface area contributed by atoms with Crippen LogP contribution in [0.2, 0.25) is 0 Å². The molecule has 40 heavy (non-hydrogen) atoms. The predicted molar refractivity (Wildman–Crippen MR) is 159 cm³/mol. The standard InChI is InChI=1S/C32H33N3O4S/c1-23-5-10-28(11-6-23)22-39-30-15-12-27(13-16-30)20-33-34-32(36)21-35(29-14-9-25(3)26(4)19-29)40(37,38)31-17-7-24(2)8-18-31/h5-20H,21-22H2,1-4H3,(H,34,36)/b33-20-. The SMILES string of the molecule is Cc1ccc(COc2ccc(/C=N\NC(=O)CN(c3ccc(C)c(C)c3)S(=O)(=O)c3ccc(C)cc3)cc2)cc1. The summed E-state index contributed by atoms with van der Waals surface area (Å²) in [6, 6.07) is 27.3. The first-order valence-corrected chi connectivity index (χ1v) is 14.3. The number of carbonyl (C=O) groups is 1. The van der Waals surface area contributed by atoms with Gasteiger partial charge in [0.05, 0.1) is 16.8 Å². The van der Waals surface area contributed by atoms with Crippen molar-refractivity contribution < 1.29 is 17.9 Å². The number of nitrogens with one attached hydrogen (secondary N) is 1. The van der Waals surface area contributed by atoms with Crippen molar-refractivity contribution in [1.29, 1.82) is 0 Å². The number of carbonyl (C=O) groups excluding carboxylic acids is 1. The second-order valence-electron chi connectivity index (χ2n) is 9.73. The second-order valence-corrected chi connectivity index (χ2v) is 11.6. The maximum Gasteiger partial charge on any atom is 0.264 e. The molecule has 0 saturated heterocycles. The quantitative estimate of drug-likeness (QED) is 0.197. The molecule has 1 amide bonds. The lowest BCUT2D eigenvalue weighted by molar-refractivity contribution is -0.119. The number of amides is 1. The van der Waals surface area contributed by atoms with Crippen LogP contribution in [0.4, 0.5) is 5.69 Å². The van der Waals surface area contributed by atoms with E-state index in [0.717, 1.165) is 32.1 Å². The molecule has 206 valence electrons. The molecule has 0 aliphatic carbocycles. The molecule has 0 aliphatic rings. The lowest BCUT2D eigenvalue weighted by Crippen LogP contribution is -2.39. The van der Waals surface area contributed by atoms with Crippen molar-refractivity contribution >= 4 is 27.8 Å². The Bertz CT molecular complexity index is 1600.